The van der Waals surface area contributed by atoms with Gasteiger partial charge in [0.05, 0.1) is 11.3 Å². The highest BCUT2D eigenvalue weighted by Gasteiger charge is 2.23. The molecule has 0 radical (unpaired) electrons. The molecule has 1 saturated carbocycles. The second kappa shape index (κ2) is 9.68. The van der Waals surface area contributed by atoms with Crippen molar-refractivity contribution in [2.45, 2.75) is 50.0 Å². The highest BCUT2D eigenvalue weighted by atomic mass is 32.2. The van der Waals surface area contributed by atoms with Crippen LogP contribution in [-0.2, 0) is 24.3 Å². The topological polar surface area (TPSA) is 102 Å². The van der Waals surface area contributed by atoms with Crippen molar-refractivity contribution >= 4 is 21.9 Å². The maximum absolute atomic E-state index is 12.0. The zero-order valence-corrected chi connectivity index (χ0v) is 15.8. The van der Waals surface area contributed by atoms with E-state index in [2.05, 4.69) is 17.0 Å². The minimum Gasteiger partial charge on any atom is -0.456 e. The first-order valence-electron chi connectivity index (χ1n) is 8.88. The highest BCUT2D eigenvalue weighted by molar-refractivity contribution is 7.89. The monoisotopic (exact) mass is 382 g/mol. The molecular weight excluding hydrogens is 356 g/mol. The lowest BCUT2D eigenvalue weighted by atomic mass is 9.86. The van der Waals surface area contributed by atoms with E-state index in [0.717, 1.165) is 19.3 Å². The maximum atomic E-state index is 12.0. The van der Waals surface area contributed by atoms with Gasteiger partial charge in [0, 0.05) is 12.6 Å². The predicted octanol–water partition coefficient (Wildman–Crippen LogP) is 1.59. The van der Waals surface area contributed by atoms with Gasteiger partial charge in [0.2, 0.25) is 10.0 Å². The molecule has 144 valence electrons. The van der Waals surface area contributed by atoms with Gasteiger partial charge in [-0.25, -0.2) is 13.1 Å². The normalized spacial score (nSPS) is 20.3. The summed E-state index contributed by atoms with van der Waals surface area (Å²) in [6, 6.07) is 8.03. The van der Waals surface area contributed by atoms with Crippen molar-refractivity contribution in [1.29, 1.82) is 0 Å². The smallest absolute Gasteiger partial charge is 0.307 e. The molecule has 1 aromatic rings. The number of carbonyl (C=O) groups excluding carboxylic acids is 2. The van der Waals surface area contributed by atoms with E-state index in [1.54, 1.807) is 18.2 Å². The molecule has 0 heterocycles. The zero-order valence-electron chi connectivity index (χ0n) is 14.9. The minimum absolute atomic E-state index is 0.0860. The lowest BCUT2D eigenvalue weighted by Crippen LogP contribution is -2.43. The lowest BCUT2D eigenvalue weighted by molar-refractivity contribution is -0.148. The Morgan fingerprint density at radius 3 is 2.54 bits per heavy atom. The molecule has 1 aliphatic carbocycles. The summed E-state index contributed by atoms with van der Waals surface area (Å²) in [6.07, 6.45) is 4.17. The Morgan fingerprint density at radius 1 is 1.15 bits per heavy atom. The summed E-state index contributed by atoms with van der Waals surface area (Å²) in [6.45, 7) is 1.68. The summed E-state index contributed by atoms with van der Waals surface area (Å²) in [5.74, 6) is -0.509. The van der Waals surface area contributed by atoms with E-state index >= 15 is 0 Å². The molecule has 2 rings (SSSR count). The fourth-order valence-corrected chi connectivity index (χ4v) is 4.02. The molecule has 8 heteroatoms. The second-order valence-electron chi connectivity index (χ2n) is 6.56. The van der Waals surface area contributed by atoms with E-state index in [9.17, 15) is 18.0 Å². The van der Waals surface area contributed by atoms with Crippen LogP contribution in [0.1, 0.15) is 39.0 Å². The van der Waals surface area contributed by atoms with Gasteiger partial charge in [-0.05, 0) is 30.9 Å². The van der Waals surface area contributed by atoms with Gasteiger partial charge in [0.15, 0.2) is 6.61 Å². The van der Waals surface area contributed by atoms with Crippen LogP contribution in [-0.4, -0.2) is 39.5 Å². The molecule has 0 spiro atoms. The Kier molecular flexibility index (Phi) is 7.59. The van der Waals surface area contributed by atoms with Crippen molar-refractivity contribution in [2.75, 3.05) is 13.2 Å². The molecule has 1 aliphatic rings. The summed E-state index contributed by atoms with van der Waals surface area (Å²) >= 11 is 0. The number of carbonyl (C=O) groups is 2. The van der Waals surface area contributed by atoms with Crippen LogP contribution in [0.15, 0.2) is 35.2 Å². The van der Waals surface area contributed by atoms with E-state index in [0.29, 0.717) is 5.92 Å². The second-order valence-corrected chi connectivity index (χ2v) is 8.32. The Bertz CT molecular complexity index is 706. The molecule has 26 heavy (non-hydrogen) atoms. The molecule has 2 N–H and O–H groups in total. The molecule has 1 fully saturated rings. The van der Waals surface area contributed by atoms with Crippen molar-refractivity contribution in [3.05, 3.63) is 30.3 Å². The van der Waals surface area contributed by atoms with Gasteiger partial charge in [0.1, 0.15) is 0 Å². The van der Waals surface area contributed by atoms with E-state index in [1.165, 1.54) is 18.6 Å². The standard InChI is InChI=1S/C18H26N2O5S/c1-14-7-5-6-10-16(14)20-17(21)13-25-18(22)11-12-19-26(23,24)15-8-3-2-4-9-15/h2-4,8-9,14,16,19H,5-7,10-13H2,1H3,(H,20,21)/t14-,16+/m1/s1. The molecule has 2 atom stereocenters. The third-order valence-corrected chi connectivity index (χ3v) is 5.97. The van der Waals surface area contributed by atoms with Crippen molar-refractivity contribution in [2.24, 2.45) is 5.92 Å². The van der Waals surface area contributed by atoms with Crippen molar-refractivity contribution in [3.8, 4) is 0 Å². The first kappa shape index (κ1) is 20.4. The molecule has 0 saturated heterocycles. The summed E-state index contributed by atoms with van der Waals surface area (Å²) in [7, 11) is -3.65. The van der Waals surface area contributed by atoms with Gasteiger partial charge in [-0.15, -0.1) is 0 Å². The summed E-state index contributed by atoms with van der Waals surface area (Å²) in [5.41, 5.74) is 0. The summed E-state index contributed by atoms with van der Waals surface area (Å²) in [4.78, 5) is 23.7. The van der Waals surface area contributed by atoms with Crippen LogP contribution in [0, 0.1) is 5.92 Å². The van der Waals surface area contributed by atoms with Gasteiger partial charge in [-0.1, -0.05) is 38.0 Å². The van der Waals surface area contributed by atoms with Crippen molar-refractivity contribution in [1.82, 2.24) is 10.0 Å². The zero-order chi connectivity index (χ0) is 19.0. The predicted molar refractivity (Wildman–Crippen MR) is 96.8 cm³/mol. The molecule has 0 unspecified atom stereocenters. The molecule has 0 aromatic heterocycles. The Balaban J connectivity index is 1.66. The Labute approximate surface area is 154 Å². The fraction of sp³-hybridized carbons (Fsp3) is 0.556. The lowest BCUT2D eigenvalue weighted by Gasteiger charge is -2.29. The number of hydrogen-bond acceptors (Lipinski definition) is 5. The Morgan fingerprint density at radius 2 is 1.85 bits per heavy atom. The van der Waals surface area contributed by atoms with Gasteiger partial charge < -0.3 is 10.1 Å². The third-order valence-electron chi connectivity index (χ3n) is 4.50. The van der Waals surface area contributed by atoms with E-state index in [4.69, 9.17) is 4.74 Å². The van der Waals surface area contributed by atoms with Crippen LogP contribution < -0.4 is 10.0 Å². The average Bonchev–Trinajstić information content (AvgIpc) is 2.62. The van der Waals surface area contributed by atoms with Crippen molar-refractivity contribution in [3.63, 3.8) is 0 Å². The Hall–Kier alpha value is -1.93. The van der Waals surface area contributed by atoms with Crippen LogP contribution in [0.2, 0.25) is 0 Å². The van der Waals surface area contributed by atoms with Crippen LogP contribution in [0.5, 0.6) is 0 Å². The molecule has 0 aliphatic heterocycles. The number of amides is 1. The average molecular weight is 382 g/mol. The van der Waals surface area contributed by atoms with Gasteiger partial charge in [0.25, 0.3) is 5.91 Å². The van der Waals surface area contributed by atoms with E-state index in [-0.39, 0.29) is 36.4 Å². The highest BCUT2D eigenvalue weighted by Crippen LogP contribution is 2.23. The number of ether oxygens (including phenoxy) is 1. The first-order valence-corrected chi connectivity index (χ1v) is 10.4. The maximum Gasteiger partial charge on any atom is 0.307 e. The summed E-state index contributed by atoms with van der Waals surface area (Å²) in [5, 5.41) is 2.90. The molecule has 1 aromatic carbocycles. The number of esters is 1. The minimum atomic E-state index is -3.65. The molecular formula is C18H26N2O5S. The van der Waals surface area contributed by atoms with Crippen LogP contribution in [0.3, 0.4) is 0 Å². The molecule has 1 amide bonds. The van der Waals surface area contributed by atoms with Crippen molar-refractivity contribution < 1.29 is 22.7 Å². The van der Waals surface area contributed by atoms with E-state index < -0.39 is 16.0 Å². The number of sulfonamides is 1. The largest absolute Gasteiger partial charge is 0.456 e. The van der Waals surface area contributed by atoms with Crippen LogP contribution in [0.4, 0.5) is 0 Å². The van der Waals surface area contributed by atoms with Gasteiger partial charge >= 0.3 is 5.97 Å². The number of benzene rings is 1. The molecule has 0 bridgehead atoms. The SMILES string of the molecule is C[C@@H]1CCCC[C@@H]1NC(=O)COC(=O)CCNS(=O)(=O)c1ccccc1. The fourth-order valence-electron chi connectivity index (χ4n) is 2.97. The number of nitrogens with one attached hydrogen (secondary N) is 2. The quantitative estimate of drug-likeness (QED) is 0.665. The van der Waals surface area contributed by atoms with Gasteiger partial charge in [-0.2, -0.15) is 0 Å². The van der Waals surface area contributed by atoms with Crippen LogP contribution in [0.25, 0.3) is 0 Å². The third kappa shape index (κ3) is 6.42. The van der Waals surface area contributed by atoms with Gasteiger partial charge in [-0.3, -0.25) is 9.59 Å². The summed E-state index contributed by atoms with van der Waals surface area (Å²) < 4.78 is 31.3. The van der Waals surface area contributed by atoms with E-state index in [1.807, 2.05) is 0 Å². The number of rotatable bonds is 8. The number of hydrogen-bond donors (Lipinski definition) is 2. The first-order chi connectivity index (χ1) is 12.4. The molecule has 7 nitrogen and oxygen atoms in total. The van der Waals surface area contributed by atoms with Crippen LogP contribution >= 0.6 is 0 Å².